The summed E-state index contributed by atoms with van der Waals surface area (Å²) in [6.45, 7) is 0. The molecule has 0 aliphatic rings. The Bertz CT molecular complexity index is 259. The first-order valence-corrected chi connectivity index (χ1v) is 4.43. The fourth-order valence-corrected chi connectivity index (χ4v) is 1.53. The van der Waals surface area contributed by atoms with Crippen LogP contribution in [0.1, 0.15) is 12.1 Å². The van der Waals surface area contributed by atoms with Crippen molar-refractivity contribution in [1.82, 2.24) is 4.98 Å². The minimum absolute atomic E-state index is 0.293. The molecule has 1 heterocycles. The van der Waals surface area contributed by atoms with Crippen LogP contribution in [-0.2, 0) is 11.2 Å². The quantitative estimate of drug-likeness (QED) is 0.691. The Hall–Kier alpha value is -0.550. The molecule has 0 aliphatic heterocycles. The number of aryl methyl sites for hydroxylation is 1. The van der Waals surface area contributed by atoms with E-state index in [9.17, 15) is 4.79 Å². The van der Waals surface area contributed by atoms with Crippen LogP contribution in [0.25, 0.3) is 0 Å². The smallest absolute Gasteiger partial charge is 0.217 e. The molecule has 1 amide bonds. The number of carbonyl (C=O) groups excluding carboxylic acids is 1. The van der Waals surface area contributed by atoms with E-state index in [0.29, 0.717) is 12.8 Å². The van der Waals surface area contributed by atoms with Gasteiger partial charge in [-0.15, -0.1) is 24.0 Å². The number of nitrogens with zero attached hydrogens (tertiary/aromatic N) is 1. The van der Waals surface area contributed by atoms with Crippen molar-refractivity contribution in [2.45, 2.75) is 17.2 Å². The number of rotatable bonds is 3. The monoisotopic (exact) mass is 188 g/mol. The van der Waals surface area contributed by atoms with Gasteiger partial charge in [0.25, 0.3) is 0 Å². The van der Waals surface area contributed by atoms with Gasteiger partial charge in [-0.2, -0.15) is 0 Å². The summed E-state index contributed by atoms with van der Waals surface area (Å²) in [6.07, 6.45) is 0.976. The number of aromatic nitrogens is 1. The molecule has 0 radical (unpaired) electrons. The summed E-state index contributed by atoms with van der Waals surface area (Å²) in [5, 5.41) is 1.88. The molecule has 0 saturated carbocycles. The van der Waals surface area contributed by atoms with Gasteiger partial charge in [0.2, 0.25) is 5.91 Å². The van der Waals surface area contributed by atoms with Crippen LogP contribution < -0.4 is 5.73 Å². The number of hydrogen-bond acceptors (Lipinski definition) is 4. The molecule has 0 fully saturated rings. The van der Waals surface area contributed by atoms with Crippen LogP contribution >= 0.6 is 24.0 Å². The zero-order chi connectivity index (χ0) is 8.27. The van der Waals surface area contributed by atoms with E-state index in [4.69, 9.17) is 5.73 Å². The molecule has 0 saturated heterocycles. The van der Waals surface area contributed by atoms with Crippen molar-refractivity contribution in [3.05, 3.63) is 11.1 Å². The lowest BCUT2D eigenvalue weighted by atomic mass is 10.2. The molecule has 1 rings (SSSR count). The molecular weight excluding hydrogens is 180 g/mol. The van der Waals surface area contributed by atoms with E-state index in [0.717, 1.165) is 10.0 Å². The van der Waals surface area contributed by atoms with Crippen molar-refractivity contribution < 1.29 is 4.79 Å². The van der Waals surface area contributed by atoms with Crippen LogP contribution in [0, 0.1) is 0 Å². The summed E-state index contributed by atoms with van der Waals surface area (Å²) in [5.41, 5.74) is 5.85. The Kier molecular flexibility index (Phi) is 2.90. The molecule has 0 aliphatic carbocycles. The first-order chi connectivity index (χ1) is 5.18. The molecule has 1 aromatic rings. The lowest BCUT2D eigenvalue weighted by Gasteiger charge is -1.90. The van der Waals surface area contributed by atoms with E-state index in [1.54, 1.807) is 0 Å². The molecule has 11 heavy (non-hydrogen) atoms. The molecule has 0 atom stereocenters. The summed E-state index contributed by atoms with van der Waals surface area (Å²) < 4.78 is 0.726. The predicted molar refractivity (Wildman–Crippen MR) is 46.9 cm³/mol. The van der Waals surface area contributed by atoms with Crippen LogP contribution in [0.4, 0.5) is 0 Å². The zero-order valence-electron chi connectivity index (χ0n) is 5.78. The maximum absolute atomic E-state index is 10.4. The molecule has 3 nitrogen and oxygen atoms in total. The largest absolute Gasteiger partial charge is 0.370 e. The van der Waals surface area contributed by atoms with Crippen molar-refractivity contribution in [1.29, 1.82) is 0 Å². The molecule has 5 heteroatoms. The second kappa shape index (κ2) is 3.73. The van der Waals surface area contributed by atoms with Crippen LogP contribution in [0.3, 0.4) is 0 Å². The third kappa shape index (κ3) is 2.90. The molecule has 0 unspecified atom stereocenters. The highest BCUT2D eigenvalue weighted by molar-refractivity contribution is 7.82. The molecule has 0 spiro atoms. The number of amides is 1. The minimum atomic E-state index is -0.293. The van der Waals surface area contributed by atoms with Gasteiger partial charge in [-0.25, -0.2) is 4.98 Å². The van der Waals surface area contributed by atoms with Gasteiger partial charge in [0.05, 0.1) is 5.69 Å². The Balaban J connectivity index is 2.45. The fourth-order valence-electron chi connectivity index (χ4n) is 0.662. The van der Waals surface area contributed by atoms with E-state index in [-0.39, 0.29) is 5.91 Å². The first-order valence-electron chi connectivity index (χ1n) is 3.10. The lowest BCUT2D eigenvalue weighted by molar-refractivity contribution is -0.118. The Labute approximate surface area is 74.0 Å². The van der Waals surface area contributed by atoms with Gasteiger partial charge in [0.15, 0.2) is 0 Å². The van der Waals surface area contributed by atoms with Crippen LogP contribution in [-0.4, -0.2) is 10.9 Å². The topological polar surface area (TPSA) is 56.0 Å². The van der Waals surface area contributed by atoms with Gasteiger partial charge < -0.3 is 5.73 Å². The van der Waals surface area contributed by atoms with E-state index in [2.05, 4.69) is 17.6 Å². The van der Waals surface area contributed by atoms with E-state index < -0.39 is 0 Å². The molecule has 60 valence electrons. The predicted octanol–water partition coefficient (Wildman–Crippen LogP) is 0.850. The van der Waals surface area contributed by atoms with Gasteiger partial charge in [-0.05, 0) is 6.42 Å². The van der Waals surface area contributed by atoms with E-state index >= 15 is 0 Å². The van der Waals surface area contributed by atoms with Crippen molar-refractivity contribution >= 4 is 29.9 Å². The van der Waals surface area contributed by atoms with Gasteiger partial charge in [0, 0.05) is 11.8 Å². The minimum Gasteiger partial charge on any atom is -0.370 e. The first kappa shape index (κ1) is 8.55. The Morgan fingerprint density at radius 2 is 2.55 bits per heavy atom. The van der Waals surface area contributed by atoms with E-state index in [1.165, 1.54) is 11.3 Å². The molecule has 0 aromatic carbocycles. The van der Waals surface area contributed by atoms with Gasteiger partial charge in [0.1, 0.15) is 4.34 Å². The Morgan fingerprint density at radius 1 is 1.82 bits per heavy atom. The maximum atomic E-state index is 10.4. The second-order valence-electron chi connectivity index (χ2n) is 2.09. The summed E-state index contributed by atoms with van der Waals surface area (Å²) in [6, 6.07) is 0. The number of thiol groups is 1. The summed E-state index contributed by atoms with van der Waals surface area (Å²) in [5.74, 6) is -0.293. The highest BCUT2D eigenvalue weighted by Crippen LogP contribution is 2.13. The highest BCUT2D eigenvalue weighted by Gasteiger charge is 2.00. The average Bonchev–Trinajstić information content (AvgIpc) is 2.31. The number of hydrogen-bond donors (Lipinski definition) is 2. The average molecular weight is 188 g/mol. The Morgan fingerprint density at radius 3 is 3.00 bits per heavy atom. The van der Waals surface area contributed by atoms with Crippen LogP contribution in [0.2, 0.25) is 0 Å². The zero-order valence-corrected chi connectivity index (χ0v) is 7.49. The number of nitrogens with two attached hydrogens (primary N) is 1. The van der Waals surface area contributed by atoms with Crippen molar-refractivity contribution in [2.75, 3.05) is 0 Å². The van der Waals surface area contributed by atoms with Gasteiger partial charge in [-0.3, -0.25) is 4.79 Å². The third-order valence-corrected chi connectivity index (χ3v) is 2.28. The number of thiazole rings is 1. The van der Waals surface area contributed by atoms with Crippen molar-refractivity contribution in [3.8, 4) is 0 Å². The molecule has 1 aromatic heterocycles. The third-order valence-electron chi connectivity index (χ3n) is 1.17. The molecule has 2 N–H and O–H groups in total. The molecular formula is C6H8N2OS2. The maximum Gasteiger partial charge on any atom is 0.217 e. The van der Waals surface area contributed by atoms with Crippen molar-refractivity contribution in [3.63, 3.8) is 0 Å². The second-order valence-corrected chi connectivity index (χ2v) is 3.67. The SMILES string of the molecule is NC(=O)CCc1csc(S)n1. The van der Waals surface area contributed by atoms with Gasteiger partial charge in [-0.1, -0.05) is 0 Å². The van der Waals surface area contributed by atoms with Gasteiger partial charge >= 0.3 is 0 Å². The number of primary amides is 1. The standard InChI is InChI=1S/C6H8N2OS2/c7-5(9)2-1-4-3-11-6(10)8-4/h3H,1-2H2,(H2,7,9)(H,8,10). The molecule has 0 bridgehead atoms. The summed E-state index contributed by atoms with van der Waals surface area (Å²) in [4.78, 5) is 14.4. The lowest BCUT2D eigenvalue weighted by Crippen LogP contribution is -2.11. The highest BCUT2D eigenvalue weighted by atomic mass is 32.2. The van der Waals surface area contributed by atoms with Crippen LogP contribution in [0.15, 0.2) is 9.72 Å². The number of carbonyl (C=O) groups is 1. The fraction of sp³-hybridized carbons (Fsp3) is 0.333. The van der Waals surface area contributed by atoms with E-state index in [1.807, 2.05) is 5.38 Å². The van der Waals surface area contributed by atoms with Crippen molar-refractivity contribution in [2.24, 2.45) is 5.73 Å². The van der Waals surface area contributed by atoms with Crippen LogP contribution in [0.5, 0.6) is 0 Å². The summed E-state index contributed by atoms with van der Waals surface area (Å²) in [7, 11) is 0. The summed E-state index contributed by atoms with van der Waals surface area (Å²) >= 11 is 5.50. The normalized spacial score (nSPS) is 9.91.